The van der Waals surface area contributed by atoms with Gasteiger partial charge in [-0.3, -0.25) is 0 Å². The summed E-state index contributed by atoms with van der Waals surface area (Å²) in [6, 6.07) is 7.68. The molecular formula is C16H27NO. The Hall–Kier alpha value is -1.18. The van der Waals surface area contributed by atoms with Gasteiger partial charge in [0.1, 0.15) is 11.4 Å². The van der Waals surface area contributed by atoms with Crippen LogP contribution >= 0.6 is 0 Å². The van der Waals surface area contributed by atoms with Crippen LogP contribution in [0.25, 0.3) is 0 Å². The van der Waals surface area contributed by atoms with Gasteiger partial charge < -0.3 is 10.5 Å². The molecule has 0 unspecified atom stereocenters. The molecule has 0 spiro atoms. The van der Waals surface area contributed by atoms with Gasteiger partial charge in [-0.15, -0.1) is 0 Å². The van der Waals surface area contributed by atoms with Gasteiger partial charge in [-0.25, -0.2) is 0 Å². The molecule has 0 heterocycles. The Morgan fingerprint density at radius 3 is 1.83 bits per heavy atom. The van der Waals surface area contributed by atoms with E-state index in [0.717, 1.165) is 24.3 Å². The average Bonchev–Trinajstić information content (AvgIpc) is 2.18. The third kappa shape index (κ3) is 4.99. The van der Waals surface area contributed by atoms with Crippen molar-refractivity contribution in [2.45, 2.75) is 53.1 Å². The van der Waals surface area contributed by atoms with Crippen molar-refractivity contribution < 1.29 is 4.74 Å². The summed E-state index contributed by atoms with van der Waals surface area (Å²) >= 11 is 0. The maximum absolute atomic E-state index is 6.22. The molecule has 18 heavy (non-hydrogen) atoms. The highest BCUT2D eigenvalue weighted by molar-refractivity contribution is 5.41. The first-order valence-corrected chi connectivity index (χ1v) is 6.85. The SMILES string of the molecule is CC(C)CC(C)(CC(C)C)Oc1ccc(N)cc1. The number of anilines is 1. The Kier molecular flexibility index (Phi) is 5.06. The van der Waals surface area contributed by atoms with Crippen molar-refractivity contribution in [1.82, 2.24) is 0 Å². The van der Waals surface area contributed by atoms with E-state index in [1.165, 1.54) is 0 Å². The normalized spacial score (nSPS) is 12.2. The number of nitrogens with two attached hydrogens (primary N) is 1. The Balaban J connectivity index is 2.80. The first-order chi connectivity index (χ1) is 8.31. The summed E-state index contributed by atoms with van der Waals surface area (Å²) < 4.78 is 6.22. The van der Waals surface area contributed by atoms with Crippen molar-refractivity contribution in [3.05, 3.63) is 24.3 Å². The van der Waals surface area contributed by atoms with Gasteiger partial charge in [0.2, 0.25) is 0 Å². The highest BCUT2D eigenvalue weighted by atomic mass is 16.5. The van der Waals surface area contributed by atoms with Crippen LogP contribution in [0.2, 0.25) is 0 Å². The molecule has 0 radical (unpaired) electrons. The van der Waals surface area contributed by atoms with E-state index in [1.807, 2.05) is 24.3 Å². The van der Waals surface area contributed by atoms with Gasteiger partial charge in [0.05, 0.1) is 0 Å². The minimum absolute atomic E-state index is 0.0988. The highest BCUT2D eigenvalue weighted by Gasteiger charge is 2.28. The molecule has 102 valence electrons. The minimum atomic E-state index is -0.0988. The molecule has 2 N–H and O–H groups in total. The number of hydrogen-bond donors (Lipinski definition) is 1. The van der Waals surface area contributed by atoms with E-state index >= 15 is 0 Å². The molecule has 2 heteroatoms. The summed E-state index contributed by atoms with van der Waals surface area (Å²) in [6.45, 7) is 11.2. The maximum atomic E-state index is 6.22. The summed E-state index contributed by atoms with van der Waals surface area (Å²) in [6.07, 6.45) is 2.13. The van der Waals surface area contributed by atoms with Crippen LogP contribution in [0.1, 0.15) is 47.5 Å². The van der Waals surface area contributed by atoms with Crippen molar-refractivity contribution in [3.8, 4) is 5.75 Å². The second-order valence-electron chi connectivity index (χ2n) is 6.32. The Morgan fingerprint density at radius 1 is 1.00 bits per heavy atom. The van der Waals surface area contributed by atoms with E-state index < -0.39 is 0 Å². The van der Waals surface area contributed by atoms with Crippen molar-refractivity contribution in [3.63, 3.8) is 0 Å². The van der Waals surface area contributed by atoms with Crippen molar-refractivity contribution >= 4 is 5.69 Å². The standard InChI is InChI=1S/C16H27NO/c1-12(2)10-16(5,11-13(3)4)18-15-8-6-14(17)7-9-15/h6-9,12-13H,10-11,17H2,1-5H3. The second-order valence-corrected chi connectivity index (χ2v) is 6.32. The lowest BCUT2D eigenvalue weighted by molar-refractivity contribution is 0.0445. The largest absolute Gasteiger partial charge is 0.488 e. The molecule has 0 aromatic heterocycles. The number of ether oxygens (including phenoxy) is 1. The van der Waals surface area contributed by atoms with Crippen molar-refractivity contribution in [2.75, 3.05) is 5.73 Å². The lowest BCUT2D eigenvalue weighted by atomic mass is 9.86. The number of rotatable bonds is 6. The molecule has 0 amide bonds. The third-order valence-corrected chi connectivity index (χ3v) is 2.92. The topological polar surface area (TPSA) is 35.2 Å². The Morgan fingerprint density at radius 2 is 1.44 bits per heavy atom. The van der Waals surface area contributed by atoms with E-state index in [-0.39, 0.29) is 5.60 Å². The van der Waals surface area contributed by atoms with Crippen LogP contribution in [0.15, 0.2) is 24.3 Å². The van der Waals surface area contributed by atoms with Gasteiger partial charge in [0.15, 0.2) is 0 Å². The second kappa shape index (κ2) is 6.12. The average molecular weight is 249 g/mol. The maximum Gasteiger partial charge on any atom is 0.120 e. The zero-order valence-corrected chi connectivity index (χ0v) is 12.4. The van der Waals surface area contributed by atoms with E-state index in [9.17, 15) is 0 Å². The molecule has 0 saturated heterocycles. The van der Waals surface area contributed by atoms with Gasteiger partial charge in [-0.2, -0.15) is 0 Å². The van der Waals surface area contributed by atoms with Crippen LogP contribution < -0.4 is 10.5 Å². The first-order valence-electron chi connectivity index (χ1n) is 6.85. The Labute approximate surface area is 112 Å². The van der Waals surface area contributed by atoms with Gasteiger partial charge in [0.25, 0.3) is 0 Å². The summed E-state index contributed by atoms with van der Waals surface area (Å²) in [5.74, 6) is 2.16. The molecule has 0 fully saturated rings. The lowest BCUT2D eigenvalue weighted by Gasteiger charge is -2.34. The van der Waals surface area contributed by atoms with E-state index in [0.29, 0.717) is 11.8 Å². The monoisotopic (exact) mass is 249 g/mol. The molecule has 0 saturated carbocycles. The Bertz CT molecular complexity index is 344. The fourth-order valence-electron chi connectivity index (χ4n) is 2.71. The molecule has 0 aliphatic rings. The molecule has 0 atom stereocenters. The van der Waals surface area contributed by atoms with Crippen LogP contribution in [0.4, 0.5) is 5.69 Å². The van der Waals surface area contributed by atoms with Crippen LogP contribution in [0.5, 0.6) is 5.75 Å². The molecule has 0 bridgehead atoms. The summed E-state index contributed by atoms with van der Waals surface area (Å²) in [7, 11) is 0. The van der Waals surface area contributed by atoms with Crippen LogP contribution in [-0.4, -0.2) is 5.60 Å². The zero-order valence-electron chi connectivity index (χ0n) is 12.4. The third-order valence-electron chi connectivity index (χ3n) is 2.92. The molecule has 2 nitrogen and oxygen atoms in total. The van der Waals surface area contributed by atoms with E-state index in [4.69, 9.17) is 10.5 Å². The van der Waals surface area contributed by atoms with Crippen molar-refractivity contribution in [2.24, 2.45) is 11.8 Å². The van der Waals surface area contributed by atoms with Crippen LogP contribution in [0, 0.1) is 11.8 Å². The molecule has 1 aromatic carbocycles. The van der Waals surface area contributed by atoms with Gasteiger partial charge in [-0.1, -0.05) is 27.7 Å². The van der Waals surface area contributed by atoms with E-state index in [2.05, 4.69) is 34.6 Å². The van der Waals surface area contributed by atoms with Gasteiger partial charge in [0, 0.05) is 5.69 Å². The summed E-state index contributed by atoms with van der Waals surface area (Å²) in [5, 5.41) is 0. The molecule has 1 rings (SSSR count). The van der Waals surface area contributed by atoms with Crippen LogP contribution in [0.3, 0.4) is 0 Å². The zero-order chi connectivity index (χ0) is 13.8. The summed E-state index contributed by atoms with van der Waals surface area (Å²) in [4.78, 5) is 0. The molecule has 1 aromatic rings. The summed E-state index contributed by atoms with van der Waals surface area (Å²) in [5.41, 5.74) is 6.37. The number of benzene rings is 1. The fraction of sp³-hybridized carbons (Fsp3) is 0.625. The first kappa shape index (κ1) is 14.9. The quantitative estimate of drug-likeness (QED) is 0.753. The predicted molar refractivity (Wildman–Crippen MR) is 78.8 cm³/mol. The number of hydrogen-bond acceptors (Lipinski definition) is 2. The van der Waals surface area contributed by atoms with E-state index in [1.54, 1.807) is 0 Å². The fourth-order valence-corrected chi connectivity index (χ4v) is 2.71. The predicted octanol–water partition coefficient (Wildman–Crippen LogP) is 4.50. The minimum Gasteiger partial charge on any atom is -0.488 e. The smallest absolute Gasteiger partial charge is 0.120 e. The van der Waals surface area contributed by atoms with Gasteiger partial charge >= 0.3 is 0 Å². The molecule has 0 aliphatic carbocycles. The molecular weight excluding hydrogens is 222 g/mol. The van der Waals surface area contributed by atoms with Crippen LogP contribution in [-0.2, 0) is 0 Å². The molecule has 0 aliphatic heterocycles. The van der Waals surface area contributed by atoms with Gasteiger partial charge in [-0.05, 0) is 55.9 Å². The number of nitrogen functional groups attached to an aromatic ring is 1. The highest BCUT2D eigenvalue weighted by Crippen LogP contribution is 2.30. The lowest BCUT2D eigenvalue weighted by Crippen LogP contribution is -2.35. The van der Waals surface area contributed by atoms with Crippen molar-refractivity contribution in [1.29, 1.82) is 0 Å².